The van der Waals surface area contributed by atoms with Crippen LogP contribution in [0, 0.1) is 5.82 Å². The maximum atomic E-state index is 13.1. The Balaban J connectivity index is 1.79. The van der Waals surface area contributed by atoms with Crippen molar-refractivity contribution < 1.29 is 17.6 Å². The van der Waals surface area contributed by atoms with E-state index in [1.165, 1.54) is 58.9 Å². The lowest BCUT2D eigenvalue weighted by Crippen LogP contribution is -2.29. The van der Waals surface area contributed by atoms with Crippen molar-refractivity contribution in [2.45, 2.75) is 6.54 Å². The number of anilines is 2. The molecule has 0 radical (unpaired) electrons. The topological polar surface area (TPSA) is 66.5 Å². The van der Waals surface area contributed by atoms with Gasteiger partial charge in [-0.3, -0.25) is 9.10 Å². The van der Waals surface area contributed by atoms with Crippen molar-refractivity contribution in [3.05, 3.63) is 93.7 Å². The minimum atomic E-state index is -3.60. The van der Waals surface area contributed by atoms with E-state index in [2.05, 4.69) is 5.32 Å². The average molecular weight is 467 g/mol. The van der Waals surface area contributed by atoms with Crippen LogP contribution in [0.1, 0.15) is 15.9 Å². The molecule has 0 unspecified atom stereocenters. The van der Waals surface area contributed by atoms with Gasteiger partial charge in [0, 0.05) is 11.3 Å². The molecular weight excluding hydrogens is 450 g/mol. The Bertz CT molecular complexity index is 1170. The molecule has 0 aromatic heterocycles. The molecule has 3 rings (SSSR count). The highest BCUT2D eigenvalue weighted by molar-refractivity contribution is 7.92. The Morgan fingerprint density at radius 1 is 0.967 bits per heavy atom. The third-order valence-corrected chi connectivity index (χ3v) is 6.11. The SMILES string of the molecule is CS(=O)(=O)N(Cc1ccc(F)cc1)c1ccc(C(=O)Nc2ccc(Cl)c(Cl)c2)cc1. The number of carbonyl (C=O) groups excluding carboxylic acids is 1. The number of hydrogen-bond acceptors (Lipinski definition) is 3. The number of rotatable bonds is 6. The fourth-order valence-electron chi connectivity index (χ4n) is 2.71. The quantitative estimate of drug-likeness (QED) is 0.532. The van der Waals surface area contributed by atoms with Crippen LogP contribution in [0.3, 0.4) is 0 Å². The van der Waals surface area contributed by atoms with Gasteiger partial charge < -0.3 is 5.32 Å². The maximum absolute atomic E-state index is 13.1. The molecule has 1 N–H and O–H groups in total. The summed E-state index contributed by atoms with van der Waals surface area (Å²) in [5.74, 6) is -0.786. The molecule has 1 amide bonds. The summed E-state index contributed by atoms with van der Waals surface area (Å²) in [5.41, 5.74) is 1.82. The van der Waals surface area contributed by atoms with Crippen LogP contribution >= 0.6 is 23.2 Å². The van der Waals surface area contributed by atoms with Gasteiger partial charge in [-0.2, -0.15) is 0 Å². The van der Waals surface area contributed by atoms with Gasteiger partial charge in [-0.25, -0.2) is 12.8 Å². The normalized spacial score (nSPS) is 11.2. The fraction of sp³-hybridized carbons (Fsp3) is 0.0952. The summed E-state index contributed by atoms with van der Waals surface area (Å²) in [5, 5.41) is 3.39. The van der Waals surface area contributed by atoms with E-state index in [0.717, 1.165) is 6.26 Å². The van der Waals surface area contributed by atoms with Crippen molar-refractivity contribution >= 4 is 50.5 Å². The van der Waals surface area contributed by atoms with E-state index < -0.39 is 15.8 Å². The molecular formula is C21H17Cl2FN2O3S. The van der Waals surface area contributed by atoms with Crippen LogP contribution < -0.4 is 9.62 Å². The van der Waals surface area contributed by atoms with Gasteiger partial charge in [0.25, 0.3) is 5.91 Å². The first-order valence-corrected chi connectivity index (χ1v) is 11.3. The van der Waals surface area contributed by atoms with Crippen molar-refractivity contribution in [2.24, 2.45) is 0 Å². The molecule has 0 aliphatic heterocycles. The van der Waals surface area contributed by atoms with Crippen LogP contribution in [-0.4, -0.2) is 20.6 Å². The van der Waals surface area contributed by atoms with E-state index in [0.29, 0.717) is 32.5 Å². The lowest BCUT2D eigenvalue weighted by molar-refractivity contribution is 0.102. The largest absolute Gasteiger partial charge is 0.322 e. The van der Waals surface area contributed by atoms with Crippen molar-refractivity contribution in [1.29, 1.82) is 0 Å². The van der Waals surface area contributed by atoms with E-state index in [-0.39, 0.29) is 12.5 Å². The summed E-state index contributed by atoms with van der Waals surface area (Å²) in [7, 11) is -3.60. The number of hydrogen-bond donors (Lipinski definition) is 1. The third kappa shape index (κ3) is 5.50. The lowest BCUT2D eigenvalue weighted by Gasteiger charge is -2.22. The van der Waals surface area contributed by atoms with Crippen LogP contribution in [-0.2, 0) is 16.6 Å². The van der Waals surface area contributed by atoms with Gasteiger partial charge in [0.05, 0.1) is 28.5 Å². The lowest BCUT2D eigenvalue weighted by atomic mass is 10.1. The van der Waals surface area contributed by atoms with Crippen molar-refractivity contribution in [1.82, 2.24) is 0 Å². The van der Waals surface area contributed by atoms with Gasteiger partial charge in [0.1, 0.15) is 5.82 Å². The Hall–Kier alpha value is -2.61. The fourth-order valence-corrected chi connectivity index (χ4v) is 3.90. The van der Waals surface area contributed by atoms with Crippen LogP contribution in [0.4, 0.5) is 15.8 Å². The number of nitrogens with zero attached hydrogens (tertiary/aromatic N) is 1. The standard InChI is InChI=1S/C21H17Cl2FN2O3S/c1-30(28,29)26(13-14-2-6-16(24)7-3-14)18-9-4-15(5-10-18)21(27)25-17-8-11-19(22)20(23)12-17/h2-12H,13H2,1H3,(H,25,27). The molecule has 0 spiro atoms. The predicted molar refractivity (Wildman–Crippen MR) is 118 cm³/mol. The van der Waals surface area contributed by atoms with E-state index >= 15 is 0 Å². The smallest absolute Gasteiger partial charge is 0.255 e. The van der Waals surface area contributed by atoms with E-state index in [9.17, 15) is 17.6 Å². The molecule has 0 atom stereocenters. The predicted octanol–water partition coefficient (Wildman–Crippen LogP) is 5.35. The van der Waals surface area contributed by atoms with Gasteiger partial charge in [0.2, 0.25) is 10.0 Å². The van der Waals surface area contributed by atoms with Crippen LogP contribution in [0.5, 0.6) is 0 Å². The molecule has 0 aliphatic carbocycles. The molecule has 0 heterocycles. The molecule has 0 saturated carbocycles. The van der Waals surface area contributed by atoms with Gasteiger partial charge in [-0.15, -0.1) is 0 Å². The molecule has 5 nitrogen and oxygen atoms in total. The van der Waals surface area contributed by atoms with Gasteiger partial charge in [-0.05, 0) is 60.2 Å². The molecule has 0 aliphatic rings. The second-order valence-corrected chi connectivity index (χ2v) is 9.25. The zero-order chi connectivity index (χ0) is 21.9. The number of halogens is 3. The minimum absolute atomic E-state index is 0.0356. The zero-order valence-electron chi connectivity index (χ0n) is 15.8. The molecule has 156 valence electrons. The first-order valence-electron chi connectivity index (χ1n) is 8.72. The monoisotopic (exact) mass is 466 g/mol. The van der Waals surface area contributed by atoms with Crippen LogP contribution in [0.15, 0.2) is 66.7 Å². The Labute approximate surface area is 184 Å². The first-order chi connectivity index (χ1) is 14.1. The van der Waals surface area contributed by atoms with Crippen LogP contribution in [0.2, 0.25) is 10.0 Å². The van der Waals surface area contributed by atoms with Crippen molar-refractivity contribution in [3.8, 4) is 0 Å². The van der Waals surface area contributed by atoms with Gasteiger partial charge in [0.15, 0.2) is 0 Å². The molecule has 3 aromatic rings. The van der Waals surface area contributed by atoms with E-state index in [1.807, 2.05) is 0 Å². The second kappa shape index (κ2) is 9.04. The summed E-state index contributed by atoms with van der Waals surface area (Å²) in [6.45, 7) is 0.0356. The Morgan fingerprint density at radius 3 is 2.17 bits per heavy atom. The molecule has 0 bridgehead atoms. The summed E-state index contributed by atoms with van der Waals surface area (Å²) in [4.78, 5) is 12.5. The number of carbonyl (C=O) groups is 1. The maximum Gasteiger partial charge on any atom is 0.255 e. The second-order valence-electron chi connectivity index (χ2n) is 6.53. The molecule has 0 fully saturated rings. The molecule has 0 saturated heterocycles. The molecule has 3 aromatic carbocycles. The first kappa shape index (κ1) is 22.1. The van der Waals surface area contributed by atoms with Gasteiger partial charge >= 0.3 is 0 Å². The minimum Gasteiger partial charge on any atom is -0.322 e. The van der Waals surface area contributed by atoms with Crippen molar-refractivity contribution in [3.63, 3.8) is 0 Å². The molecule has 30 heavy (non-hydrogen) atoms. The van der Waals surface area contributed by atoms with Crippen LogP contribution in [0.25, 0.3) is 0 Å². The van der Waals surface area contributed by atoms with E-state index in [4.69, 9.17) is 23.2 Å². The zero-order valence-corrected chi connectivity index (χ0v) is 18.1. The number of benzene rings is 3. The highest BCUT2D eigenvalue weighted by Crippen LogP contribution is 2.26. The summed E-state index contributed by atoms with van der Waals surface area (Å²) >= 11 is 11.8. The summed E-state index contributed by atoms with van der Waals surface area (Å²) in [6.07, 6.45) is 1.08. The average Bonchev–Trinajstić information content (AvgIpc) is 2.69. The Kier molecular flexibility index (Phi) is 6.65. The number of sulfonamides is 1. The highest BCUT2D eigenvalue weighted by Gasteiger charge is 2.18. The third-order valence-electron chi connectivity index (χ3n) is 4.23. The van der Waals surface area contributed by atoms with Gasteiger partial charge in [-0.1, -0.05) is 35.3 Å². The van der Waals surface area contributed by atoms with E-state index in [1.54, 1.807) is 12.1 Å². The number of amides is 1. The van der Waals surface area contributed by atoms with Crippen molar-refractivity contribution in [2.75, 3.05) is 15.9 Å². The molecule has 9 heteroatoms. The number of nitrogens with one attached hydrogen (secondary N) is 1. The summed E-state index contributed by atoms with van der Waals surface area (Å²) < 4.78 is 38.8. The highest BCUT2D eigenvalue weighted by atomic mass is 35.5. The Morgan fingerprint density at radius 2 is 1.60 bits per heavy atom. The summed E-state index contributed by atoms with van der Waals surface area (Å²) in [6, 6.07) is 16.4.